The summed E-state index contributed by atoms with van der Waals surface area (Å²) in [4.78, 5) is 20.3. The minimum Gasteiger partial charge on any atom is -0.468 e. The smallest absolute Gasteiger partial charge is 0.291 e. The Bertz CT molecular complexity index is 1360. The van der Waals surface area contributed by atoms with Crippen LogP contribution in [0.25, 0.3) is 16.6 Å². The van der Waals surface area contributed by atoms with E-state index in [-0.39, 0.29) is 11.7 Å². The number of methoxy groups -OCH3 is 1. The lowest BCUT2D eigenvalue weighted by atomic mass is 9.93. The molecule has 0 amide bonds. The van der Waals surface area contributed by atoms with Crippen molar-refractivity contribution in [3.63, 3.8) is 0 Å². The number of non-ortho nitro benzene ring substituents is 1. The average Bonchev–Trinajstić information content (AvgIpc) is 3.23. The first kappa shape index (κ1) is 22.8. The molecule has 1 atom stereocenters. The molecule has 35 heavy (non-hydrogen) atoms. The molecule has 3 heterocycles. The summed E-state index contributed by atoms with van der Waals surface area (Å²) in [6, 6.07) is 11.0. The second-order valence-electron chi connectivity index (χ2n) is 8.92. The molecule has 0 radical (unpaired) electrons. The molecule has 1 unspecified atom stereocenters. The second-order valence-corrected chi connectivity index (χ2v) is 8.92. The Hall–Kier alpha value is -3.96. The molecule has 1 fully saturated rings. The number of hydrogen-bond donors (Lipinski definition) is 2. The Balaban J connectivity index is 1.64. The molecule has 3 N–H and O–H groups in total. The summed E-state index contributed by atoms with van der Waals surface area (Å²) in [5.74, 6) is 0. The molecular formula is C24H28N8O3. The molecule has 1 aromatic heterocycles. The summed E-state index contributed by atoms with van der Waals surface area (Å²) in [6.45, 7) is 3.33. The summed E-state index contributed by atoms with van der Waals surface area (Å²) in [6.07, 6.45) is 3.60. The van der Waals surface area contributed by atoms with Crippen molar-refractivity contribution >= 4 is 34.0 Å². The maximum absolute atomic E-state index is 11.7. The van der Waals surface area contributed by atoms with Crippen LogP contribution in [0, 0.1) is 10.1 Å². The van der Waals surface area contributed by atoms with Gasteiger partial charge in [0.2, 0.25) is 0 Å². The maximum Gasteiger partial charge on any atom is 0.291 e. The van der Waals surface area contributed by atoms with Crippen LogP contribution in [0.3, 0.4) is 0 Å². The van der Waals surface area contributed by atoms with E-state index >= 15 is 0 Å². The lowest BCUT2D eigenvalue weighted by molar-refractivity contribution is -0.384. The molecule has 2 aliphatic heterocycles. The highest BCUT2D eigenvalue weighted by Crippen LogP contribution is 2.38. The Labute approximate surface area is 202 Å². The second kappa shape index (κ2) is 8.67. The third kappa shape index (κ3) is 4.19. The van der Waals surface area contributed by atoms with E-state index in [1.54, 1.807) is 18.3 Å². The van der Waals surface area contributed by atoms with E-state index in [0.717, 1.165) is 48.3 Å². The first-order valence-electron chi connectivity index (χ1n) is 11.3. The van der Waals surface area contributed by atoms with Crippen molar-refractivity contribution in [3.8, 4) is 0 Å². The number of aliphatic imine (C=N–C) groups is 1. The number of anilines is 1. The van der Waals surface area contributed by atoms with Crippen LogP contribution in [0.1, 0.15) is 11.1 Å². The van der Waals surface area contributed by atoms with Crippen LogP contribution in [-0.2, 0) is 17.4 Å². The van der Waals surface area contributed by atoms with Crippen molar-refractivity contribution < 1.29 is 9.66 Å². The zero-order valence-electron chi connectivity index (χ0n) is 19.9. The first-order valence-corrected chi connectivity index (χ1v) is 11.3. The number of likely N-dealkylation sites (N-methyl/N-ethyl adjacent to an activating group) is 1. The summed E-state index contributed by atoms with van der Waals surface area (Å²) < 4.78 is 7.28. The number of amidine groups is 1. The van der Waals surface area contributed by atoms with Gasteiger partial charge in [0, 0.05) is 67.7 Å². The summed E-state index contributed by atoms with van der Waals surface area (Å²) in [5, 5.41) is 20.1. The molecule has 2 aliphatic rings. The van der Waals surface area contributed by atoms with Gasteiger partial charge in [-0.3, -0.25) is 20.5 Å². The number of ether oxygens (including phenoxy) is 1. The maximum atomic E-state index is 11.7. The van der Waals surface area contributed by atoms with Crippen LogP contribution in [0.4, 0.5) is 11.4 Å². The van der Waals surface area contributed by atoms with Gasteiger partial charge in [0.05, 0.1) is 23.7 Å². The highest BCUT2D eigenvalue weighted by molar-refractivity contribution is 5.91. The molecule has 0 saturated carbocycles. The molecule has 0 spiro atoms. The zero-order valence-corrected chi connectivity index (χ0v) is 19.9. The van der Waals surface area contributed by atoms with Gasteiger partial charge >= 0.3 is 0 Å². The molecule has 5 rings (SSSR count). The molecule has 2 aromatic carbocycles. The van der Waals surface area contributed by atoms with Gasteiger partial charge in [-0.05, 0) is 36.9 Å². The highest BCUT2D eigenvalue weighted by atomic mass is 16.6. The number of nitrogens with two attached hydrogens (primary N) is 1. The fourth-order valence-corrected chi connectivity index (χ4v) is 4.60. The predicted molar refractivity (Wildman–Crippen MR) is 135 cm³/mol. The number of aryl methyl sites for hydroxylation is 1. The number of aromatic nitrogens is 2. The normalized spacial score (nSPS) is 20.9. The van der Waals surface area contributed by atoms with E-state index in [9.17, 15) is 10.1 Å². The number of nitrogens with zero attached hydrogens (tertiary/aromatic N) is 6. The molecule has 3 aromatic rings. The third-order valence-electron chi connectivity index (χ3n) is 6.61. The van der Waals surface area contributed by atoms with E-state index < -0.39 is 10.6 Å². The van der Waals surface area contributed by atoms with Gasteiger partial charge in [0.1, 0.15) is 0 Å². The zero-order chi connectivity index (χ0) is 24.7. The topological polar surface area (TPSA) is 127 Å². The fraction of sp³-hybridized carbons (Fsp3) is 0.333. The standard InChI is InChI=1S/C24H28N8O3/c1-29-8-10-31(11-9-29)22-7-5-18(32(33)34)13-19(22)24(25)14-20(27-23(28-24)35-3)16-4-6-21-17(12-16)15-26-30(21)2/h4-7,12-15H,8-11,25H2,1-3H3,(H,27,28). The number of rotatable bonds is 4. The molecule has 182 valence electrons. The number of benzene rings is 2. The van der Waals surface area contributed by atoms with Crippen LogP contribution in [0.15, 0.2) is 53.7 Å². The molecule has 1 saturated heterocycles. The van der Waals surface area contributed by atoms with E-state index in [1.807, 2.05) is 29.9 Å². The van der Waals surface area contributed by atoms with Crippen molar-refractivity contribution in [1.82, 2.24) is 20.0 Å². The minimum absolute atomic E-state index is 0.0397. The summed E-state index contributed by atoms with van der Waals surface area (Å²) >= 11 is 0. The van der Waals surface area contributed by atoms with Crippen molar-refractivity contribution in [2.75, 3.05) is 45.2 Å². The first-order chi connectivity index (χ1) is 16.8. The van der Waals surface area contributed by atoms with Crippen molar-refractivity contribution in [1.29, 1.82) is 0 Å². The van der Waals surface area contributed by atoms with Crippen LogP contribution in [-0.4, -0.2) is 66.0 Å². The van der Waals surface area contributed by atoms with E-state index in [4.69, 9.17) is 10.5 Å². The molecular weight excluding hydrogens is 448 g/mol. The van der Waals surface area contributed by atoms with E-state index in [1.165, 1.54) is 19.2 Å². The van der Waals surface area contributed by atoms with Gasteiger partial charge in [0.15, 0.2) is 5.66 Å². The van der Waals surface area contributed by atoms with Gasteiger partial charge in [-0.2, -0.15) is 5.10 Å². The Kier molecular flexibility index (Phi) is 5.65. The van der Waals surface area contributed by atoms with Gasteiger partial charge in [-0.1, -0.05) is 6.07 Å². The number of nitro benzene ring substituents is 1. The van der Waals surface area contributed by atoms with Gasteiger partial charge < -0.3 is 19.9 Å². The number of nitrogens with one attached hydrogen (secondary N) is 1. The lowest BCUT2D eigenvalue weighted by Crippen LogP contribution is -2.47. The quantitative estimate of drug-likeness (QED) is 0.432. The molecule has 11 nitrogen and oxygen atoms in total. The van der Waals surface area contributed by atoms with Gasteiger partial charge in [0.25, 0.3) is 11.7 Å². The number of hydrogen-bond acceptors (Lipinski definition) is 9. The van der Waals surface area contributed by atoms with Crippen LogP contribution < -0.4 is 16.0 Å². The predicted octanol–water partition coefficient (Wildman–Crippen LogP) is 1.99. The summed E-state index contributed by atoms with van der Waals surface area (Å²) in [7, 11) is 5.48. The monoisotopic (exact) mass is 476 g/mol. The number of fused-ring (bicyclic) bond motifs is 1. The summed E-state index contributed by atoms with van der Waals surface area (Å²) in [5.41, 5.74) is 9.45. The Morgan fingerprint density at radius 3 is 2.63 bits per heavy atom. The minimum atomic E-state index is -1.39. The van der Waals surface area contributed by atoms with Crippen LogP contribution >= 0.6 is 0 Å². The Morgan fingerprint density at radius 2 is 1.91 bits per heavy atom. The molecule has 11 heteroatoms. The number of piperazine rings is 1. The lowest BCUT2D eigenvalue weighted by Gasteiger charge is -2.38. The third-order valence-corrected chi connectivity index (χ3v) is 6.61. The number of nitro groups is 1. The SMILES string of the molecule is COC1=NC(N)(c2cc([N+](=O)[O-])ccc2N2CCN(C)CC2)C=C(c2ccc3c(cnn3C)c2)N1. The van der Waals surface area contributed by atoms with Gasteiger partial charge in [-0.15, -0.1) is 0 Å². The molecule has 0 bridgehead atoms. The average molecular weight is 477 g/mol. The van der Waals surface area contributed by atoms with E-state index in [2.05, 4.69) is 32.3 Å². The highest BCUT2D eigenvalue weighted by Gasteiger charge is 2.36. The van der Waals surface area contributed by atoms with Crippen LogP contribution in [0.5, 0.6) is 0 Å². The van der Waals surface area contributed by atoms with Crippen molar-refractivity contribution in [3.05, 3.63) is 69.9 Å². The fourth-order valence-electron chi connectivity index (χ4n) is 4.60. The largest absolute Gasteiger partial charge is 0.468 e. The van der Waals surface area contributed by atoms with E-state index in [0.29, 0.717) is 11.3 Å². The van der Waals surface area contributed by atoms with Crippen LogP contribution in [0.2, 0.25) is 0 Å². The molecule has 0 aliphatic carbocycles. The Morgan fingerprint density at radius 1 is 1.14 bits per heavy atom. The van der Waals surface area contributed by atoms with Crippen molar-refractivity contribution in [2.24, 2.45) is 17.8 Å². The van der Waals surface area contributed by atoms with Gasteiger partial charge in [-0.25, -0.2) is 4.99 Å². The van der Waals surface area contributed by atoms with Crippen molar-refractivity contribution in [2.45, 2.75) is 5.66 Å².